The van der Waals surface area contributed by atoms with Crippen LogP contribution in [0.4, 0.5) is 11.4 Å². The zero-order valence-electron chi connectivity index (χ0n) is 19.6. The number of benzene rings is 2. The number of rotatable bonds is 5. The largest absolute Gasteiger partial charge is 0.379 e. The fourth-order valence-electron chi connectivity index (χ4n) is 5.44. The summed E-state index contributed by atoms with van der Waals surface area (Å²) in [5, 5.41) is 23.8. The molecule has 2 aromatic rings. The molecule has 34 heavy (non-hydrogen) atoms. The molecule has 2 fully saturated rings. The first kappa shape index (κ1) is 22.6. The van der Waals surface area contributed by atoms with E-state index in [1.165, 1.54) is 17.3 Å². The van der Waals surface area contributed by atoms with E-state index in [0.29, 0.717) is 17.6 Å². The molecule has 5 rings (SSSR count). The van der Waals surface area contributed by atoms with Crippen LogP contribution in [0.3, 0.4) is 0 Å². The average molecular weight is 457 g/mol. The van der Waals surface area contributed by atoms with Gasteiger partial charge in [-0.05, 0) is 60.0 Å². The molecule has 3 N–H and O–H groups in total. The third-order valence-electron chi connectivity index (χ3n) is 7.07. The molecule has 2 saturated heterocycles. The summed E-state index contributed by atoms with van der Waals surface area (Å²) in [7, 11) is 0. The Morgan fingerprint density at radius 1 is 1.24 bits per heavy atom. The molecule has 0 aliphatic carbocycles. The molecule has 0 radical (unpaired) electrons. The summed E-state index contributed by atoms with van der Waals surface area (Å²) in [6.45, 7) is 8.42. The summed E-state index contributed by atoms with van der Waals surface area (Å²) in [5.74, 6) is 0. The predicted molar refractivity (Wildman–Crippen MR) is 136 cm³/mol. The first-order valence-electron chi connectivity index (χ1n) is 12.1. The molecule has 1 unspecified atom stereocenters. The van der Waals surface area contributed by atoms with Gasteiger partial charge in [-0.1, -0.05) is 12.1 Å². The molecular formula is C27H32N6O. The maximum absolute atomic E-state index is 9.35. The number of ether oxygens (including phenoxy) is 1. The summed E-state index contributed by atoms with van der Waals surface area (Å²) in [6.07, 6.45) is 4.92. The van der Waals surface area contributed by atoms with Crippen molar-refractivity contribution in [3.63, 3.8) is 0 Å². The summed E-state index contributed by atoms with van der Waals surface area (Å²) in [4.78, 5) is 5.05. The first-order chi connectivity index (χ1) is 16.7. The minimum Gasteiger partial charge on any atom is -0.379 e. The van der Waals surface area contributed by atoms with Crippen molar-refractivity contribution in [2.24, 2.45) is 0 Å². The number of piperazine rings is 1. The number of hydrogen-bond donors (Lipinski definition) is 3. The Kier molecular flexibility index (Phi) is 6.63. The standard InChI is InChI=1S/C27H32N6O/c1-19-15-32(26-7-4-20(13-29)11-21(26)3-2-8-28)17-27-25-6-5-23(12-22(25)16-33(19)27)31-24-14-30-9-10-34-18-24/h2-8,11-12,19,24,27-28,30-31H,9-10,14-18H2,1H3/b3-2-,28-8?/t19-,24?,27-/m1/s1. The van der Waals surface area contributed by atoms with E-state index in [1.807, 2.05) is 18.2 Å². The van der Waals surface area contributed by atoms with Crippen molar-refractivity contribution in [3.05, 3.63) is 64.7 Å². The Morgan fingerprint density at radius 3 is 3.00 bits per heavy atom. The van der Waals surface area contributed by atoms with E-state index in [1.54, 1.807) is 6.08 Å². The number of allylic oxidation sites excluding steroid dienone is 1. The highest BCUT2D eigenvalue weighted by atomic mass is 16.5. The minimum absolute atomic E-state index is 0.280. The molecule has 0 aromatic heterocycles. The molecule has 0 spiro atoms. The molecule has 3 atom stereocenters. The third kappa shape index (κ3) is 4.58. The Hall–Kier alpha value is -3.18. The maximum atomic E-state index is 9.35. The van der Waals surface area contributed by atoms with Crippen LogP contribution in [-0.4, -0.2) is 62.6 Å². The molecule has 176 valence electrons. The van der Waals surface area contributed by atoms with Crippen molar-refractivity contribution in [2.45, 2.75) is 31.6 Å². The van der Waals surface area contributed by atoms with E-state index in [2.05, 4.69) is 57.7 Å². The normalized spacial score (nSPS) is 24.8. The van der Waals surface area contributed by atoms with Crippen LogP contribution in [0, 0.1) is 16.7 Å². The molecule has 3 aliphatic rings. The summed E-state index contributed by atoms with van der Waals surface area (Å²) in [6, 6.07) is 15.9. The van der Waals surface area contributed by atoms with Crippen molar-refractivity contribution in [1.29, 1.82) is 10.7 Å². The SMILES string of the molecule is C[C@@H]1CN(c2ccc(C#N)cc2/C=C\C=N)C[C@@H]2c3ccc(NC4CNCCOC4)cc3CN12. The maximum Gasteiger partial charge on any atom is 0.0991 e. The summed E-state index contributed by atoms with van der Waals surface area (Å²) < 4.78 is 5.69. The van der Waals surface area contributed by atoms with E-state index in [4.69, 9.17) is 10.1 Å². The number of fused-ring (bicyclic) bond motifs is 3. The number of anilines is 2. The fraction of sp³-hybridized carbons (Fsp3) is 0.407. The van der Waals surface area contributed by atoms with Gasteiger partial charge in [0.25, 0.3) is 0 Å². The number of nitrogens with one attached hydrogen (secondary N) is 3. The van der Waals surface area contributed by atoms with Crippen molar-refractivity contribution < 1.29 is 4.74 Å². The van der Waals surface area contributed by atoms with Gasteiger partial charge in [0.05, 0.1) is 36.9 Å². The summed E-state index contributed by atoms with van der Waals surface area (Å²) >= 11 is 0. The summed E-state index contributed by atoms with van der Waals surface area (Å²) in [5.41, 5.74) is 6.71. The molecule has 2 aromatic carbocycles. The number of hydrogen-bond acceptors (Lipinski definition) is 7. The molecule has 0 bridgehead atoms. The van der Waals surface area contributed by atoms with E-state index in [0.717, 1.165) is 62.9 Å². The van der Waals surface area contributed by atoms with Crippen LogP contribution in [0.1, 0.15) is 35.2 Å². The average Bonchev–Trinajstić information content (AvgIpc) is 3.02. The zero-order chi connectivity index (χ0) is 23.5. The monoisotopic (exact) mass is 456 g/mol. The fourth-order valence-corrected chi connectivity index (χ4v) is 5.44. The highest BCUT2D eigenvalue weighted by molar-refractivity contribution is 5.80. The predicted octanol–water partition coefficient (Wildman–Crippen LogP) is 3.39. The van der Waals surface area contributed by atoms with Crippen molar-refractivity contribution >= 4 is 23.7 Å². The van der Waals surface area contributed by atoms with Crippen molar-refractivity contribution in [3.8, 4) is 6.07 Å². The van der Waals surface area contributed by atoms with Crippen molar-refractivity contribution in [2.75, 3.05) is 49.6 Å². The molecule has 3 aliphatic heterocycles. The molecule has 3 heterocycles. The van der Waals surface area contributed by atoms with Crippen molar-refractivity contribution in [1.82, 2.24) is 10.2 Å². The van der Waals surface area contributed by atoms with Gasteiger partial charge in [0, 0.05) is 56.4 Å². The van der Waals surface area contributed by atoms with E-state index < -0.39 is 0 Å². The second-order valence-corrected chi connectivity index (χ2v) is 9.39. The van der Waals surface area contributed by atoms with Gasteiger partial charge in [-0.25, -0.2) is 0 Å². The van der Waals surface area contributed by atoms with Crippen LogP contribution >= 0.6 is 0 Å². The lowest BCUT2D eigenvalue weighted by atomic mass is 9.99. The van der Waals surface area contributed by atoms with Gasteiger partial charge in [0.1, 0.15) is 0 Å². The Labute approximate surface area is 201 Å². The van der Waals surface area contributed by atoms with E-state index >= 15 is 0 Å². The third-order valence-corrected chi connectivity index (χ3v) is 7.07. The van der Waals surface area contributed by atoms with Gasteiger partial charge < -0.3 is 25.7 Å². The van der Waals surface area contributed by atoms with Crippen LogP contribution in [0.15, 0.2) is 42.5 Å². The Balaban J connectivity index is 1.38. The second kappa shape index (κ2) is 9.98. The van der Waals surface area contributed by atoms with Crippen LogP contribution in [0.25, 0.3) is 6.08 Å². The van der Waals surface area contributed by atoms with Crippen LogP contribution in [0.2, 0.25) is 0 Å². The van der Waals surface area contributed by atoms with Crippen LogP contribution in [-0.2, 0) is 11.3 Å². The first-order valence-corrected chi connectivity index (χ1v) is 12.1. The van der Waals surface area contributed by atoms with Crippen LogP contribution in [0.5, 0.6) is 0 Å². The quantitative estimate of drug-likeness (QED) is 0.598. The van der Waals surface area contributed by atoms with Gasteiger partial charge in [-0.3, -0.25) is 4.90 Å². The highest BCUT2D eigenvalue weighted by Crippen LogP contribution is 2.41. The number of nitrogens with zero attached hydrogens (tertiary/aromatic N) is 3. The molecule has 7 heteroatoms. The van der Waals surface area contributed by atoms with Gasteiger partial charge in [-0.15, -0.1) is 0 Å². The van der Waals surface area contributed by atoms with E-state index in [9.17, 15) is 5.26 Å². The lowest BCUT2D eigenvalue weighted by molar-refractivity contribution is 0.134. The second-order valence-electron chi connectivity index (χ2n) is 9.39. The smallest absolute Gasteiger partial charge is 0.0991 e. The Bertz CT molecular complexity index is 1110. The van der Waals surface area contributed by atoms with Crippen LogP contribution < -0.4 is 15.5 Å². The molecular weight excluding hydrogens is 424 g/mol. The topological polar surface area (TPSA) is 87.4 Å². The highest BCUT2D eigenvalue weighted by Gasteiger charge is 2.39. The Morgan fingerprint density at radius 2 is 2.15 bits per heavy atom. The molecule has 0 saturated carbocycles. The van der Waals surface area contributed by atoms with Gasteiger partial charge in [-0.2, -0.15) is 5.26 Å². The molecule has 0 amide bonds. The van der Waals surface area contributed by atoms with Gasteiger partial charge >= 0.3 is 0 Å². The zero-order valence-corrected chi connectivity index (χ0v) is 19.6. The van der Waals surface area contributed by atoms with E-state index in [-0.39, 0.29) is 6.04 Å². The van der Waals surface area contributed by atoms with Gasteiger partial charge in [0.15, 0.2) is 0 Å². The number of nitriles is 1. The molecule has 7 nitrogen and oxygen atoms in total. The lowest BCUT2D eigenvalue weighted by Crippen LogP contribution is -2.51. The van der Waals surface area contributed by atoms with Gasteiger partial charge in [0.2, 0.25) is 0 Å². The minimum atomic E-state index is 0.280. The lowest BCUT2D eigenvalue weighted by Gasteiger charge is -2.44.